The molecule has 0 aliphatic carbocycles. The highest BCUT2D eigenvalue weighted by atomic mass is 35.5. The van der Waals surface area contributed by atoms with Gasteiger partial charge in [0.2, 0.25) is 11.7 Å². The molecule has 0 spiro atoms. The fourth-order valence-corrected chi connectivity index (χ4v) is 3.22. The van der Waals surface area contributed by atoms with Gasteiger partial charge in [-0.25, -0.2) is 4.98 Å². The summed E-state index contributed by atoms with van der Waals surface area (Å²) in [6.45, 7) is 0. The molecule has 1 N–H and O–H groups in total. The van der Waals surface area contributed by atoms with Crippen molar-refractivity contribution in [2.75, 3.05) is 12.4 Å². The molecule has 6 heteroatoms. The number of aromatic nitrogens is 1. The predicted octanol–water partition coefficient (Wildman–Crippen LogP) is 4.56. The van der Waals surface area contributed by atoms with Crippen LogP contribution in [0.2, 0.25) is 5.02 Å². The largest absolute Gasteiger partial charge is 0.481 e. The van der Waals surface area contributed by atoms with E-state index in [9.17, 15) is 9.59 Å². The highest BCUT2D eigenvalue weighted by Crippen LogP contribution is 2.27. The van der Waals surface area contributed by atoms with E-state index in [0.29, 0.717) is 34.1 Å². The number of carbonyl (C=O) groups excluding carboxylic acids is 2. The number of nitrogens with zero attached hydrogens (tertiary/aromatic N) is 1. The topological polar surface area (TPSA) is 68.3 Å². The molecule has 0 fully saturated rings. The molecule has 2 heterocycles. The lowest BCUT2D eigenvalue weighted by molar-refractivity contribution is -0.112. The van der Waals surface area contributed by atoms with Crippen LogP contribution in [0, 0.1) is 11.8 Å². The summed E-state index contributed by atoms with van der Waals surface area (Å²) in [5.41, 5.74) is 3.34. The van der Waals surface area contributed by atoms with Crippen LogP contribution in [0.1, 0.15) is 27.0 Å². The third-order valence-corrected chi connectivity index (χ3v) is 4.97. The zero-order valence-corrected chi connectivity index (χ0v) is 17.4. The van der Waals surface area contributed by atoms with E-state index in [2.05, 4.69) is 22.1 Å². The lowest BCUT2D eigenvalue weighted by Crippen LogP contribution is -2.27. The Morgan fingerprint density at radius 1 is 1.10 bits per heavy atom. The molecule has 0 radical (unpaired) electrons. The van der Waals surface area contributed by atoms with Gasteiger partial charge in [-0.1, -0.05) is 41.6 Å². The molecule has 0 saturated heterocycles. The number of hydrogen-bond donors (Lipinski definition) is 1. The monoisotopic (exact) mass is 428 g/mol. The smallest absolute Gasteiger partial charge is 0.259 e. The molecule has 1 amide bonds. The number of amides is 1. The van der Waals surface area contributed by atoms with Crippen molar-refractivity contribution in [3.8, 4) is 17.7 Å². The number of rotatable bonds is 3. The van der Waals surface area contributed by atoms with Gasteiger partial charge in [-0.3, -0.25) is 9.59 Å². The Balaban J connectivity index is 1.57. The average Bonchev–Trinajstić information content (AvgIpc) is 2.79. The molecular weight excluding hydrogens is 412 g/mol. The fraction of sp³-hybridized carbons (Fsp3) is 0.0800. The zero-order chi connectivity index (χ0) is 21.8. The minimum Gasteiger partial charge on any atom is -0.481 e. The number of carbonyl (C=O) groups is 2. The molecule has 3 aromatic rings. The SMILES string of the molecule is COc1ccc(CC#Cc2ccc3c(c2)C(=O)/C(=C/c2ccc(Cl)cc2)C(=O)N3)cn1. The van der Waals surface area contributed by atoms with Crippen molar-refractivity contribution < 1.29 is 14.3 Å². The maximum Gasteiger partial charge on any atom is 0.259 e. The first-order chi connectivity index (χ1) is 15.0. The molecule has 1 aliphatic rings. The van der Waals surface area contributed by atoms with Crippen molar-refractivity contribution in [1.29, 1.82) is 0 Å². The number of ketones is 1. The number of fused-ring (bicyclic) bond motifs is 1. The van der Waals surface area contributed by atoms with E-state index in [0.717, 1.165) is 11.1 Å². The molecule has 152 valence electrons. The second kappa shape index (κ2) is 8.86. The van der Waals surface area contributed by atoms with E-state index in [1.54, 1.807) is 67.9 Å². The number of nitrogens with one attached hydrogen (secondary N) is 1. The first-order valence-corrected chi connectivity index (χ1v) is 9.86. The van der Waals surface area contributed by atoms with Crippen LogP contribution in [0.5, 0.6) is 5.88 Å². The van der Waals surface area contributed by atoms with Crippen molar-refractivity contribution in [1.82, 2.24) is 4.98 Å². The van der Waals surface area contributed by atoms with Gasteiger partial charge in [0, 0.05) is 34.8 Å². The zero-order valence-electron chi connectivity index (χ0n) is 16.6. The third kappa shape index (κ3) is 4.66. The summed E-state index contributed by atoms with van der Waals surface area (Å²) in [5, 5.41) is 3.35. The van der Waals surface area contributed by atoms with Crippen LogP contribution < -0.4 is 10.1 Å². The third-order valence-electron chi connectivity index (χ3n) is 4.71. The van der Waals surface area contributed by atoms with Gasteiger partial charge in [0.15, 0.2) is 0 Å². The van der Waals surface area contributed by atoms with Crippen LogP contribution >= 0.6 is 11.6 Å². The molecule has 1 aliphatic heterocycles. The lowest BCUT2D eigenvalue weighted by Gasteiger charge is -2.18. The summed E-state index contributed by atoms with van der Waals surface area (Å²) < 4.78 is 5.05. The van der Waals surface area contributed by atoms with Gasteiger partial charge < -0.3 is 10.1 Å². The lowest BCUT2D eigenvalue weighted by atomic mass is 9.94. The van der Waals surface area contributed by atoms with E-state index in [4.69, 9.17) is 16.3 Å². The first kappa shape index (κ1) is 20.4. The number of hydrogen-bond acceptors (Lipinski definition) is 4. The molecule has 1 aromatic heterocycles. The summed E-state index contributed by atoms with van der Waals surface area (Å²) in [4.78, 5) is 29.6. The Labute approximate surface area is 184 Å². The highest BCUT2D eigenvalue weighted by Gasteiger charge is 2.28. The quantitative estimate of drug-likeness (QED) is 0.377. The Morgan fingerprint density at radius 2 is 1.90 bits per heavy atom. The van der Waals surface area contributed by atoms with Crippen molar-refractivity contribution >= 4 is 35.1 Å². The molecular formula is C25H17ClN2O3. The summed E-state index contributed by atoms with van der Waals surface area (Å²) in [6, 6.07) is 15.8. The second-order valence-corrected chi connectivity index (χ2v) is 7.28. The summed E-state index contributed by atoms with van der Waals surface area (Å²) >= 11 is 5.90. The van der Waals surface area contributed by atoms with Crippen LogP contribution in [0.15, 0.2) is 66.4 Å². The highest BCUT2D eigenvalue weighted by molar-refractivity contribution is 6.36. The van der Waals surface area contributed by atoms with E-state index in [1.165, 1.54) is 0 Å². The van der Waals surface area contributed by atoms with E-state index >= 15 is 0 Å². The Morgan fingerprint density at radius 3 is 2.61 bits per heavy atom. The van der Waals surface area contributed by atoms with Gasteiger partial charge in [0.05, 0.1) is 18.4 Å². The van der Waals surface area contributed by atoms with Crippen LogP contribution in [-0.2, 0) is 11.2 Å². The van der Waals surface area contributed by atoms with Gasteiger partial charge >= 0.3 is 0 Å². The Bertz CT molecular complexity index is 1250. The molecule has 4 rings (SSSR count). The standard InChI is InChI=1S/C25H17ClN2O3/c1-31-23-12-8-18(15-27-23)4-2-3-16-7-11-22-20(13-16)24(29)21(25(30)28-22)14-17-5-9-19(26)10-6-17/h5-15H,4H2,1H3,(H,28,30)/b21-14-. The molecule has 0 atom stereocenters. The van der Waals surface area contributed by atoms with E-state index in [1.807, 2.05) is 6.07 Å². The van der Waals surface area contributed by atoms with Crippen molar-refractivity contribution in [3.05, 3.63) is 93.6 Å². The molecule has 5 nitrogen and oxygen atoms in total. The first-order valence-electron chi connectivity index (χ1n) is 9.48. The predicted molar refractivity (Wildman–Crippen MR) is 120 cm³/mol. The van der Waals surface area contributed by atoms with Crippen LogP contribution in [0.25, 0.3) is 6.08 Å². The number of Topliss-reactive ketones (excluding diaryl/α,β-unsaturated/α-hetero) is 1. The van der Waals surface area contributed by atoms with Crippen LogP contribution in [0.3, 0.4) is 0 Å². The van der Waals surface area contributed by atoms with Gasteiger partial charge in [0.25, 0.3) is 5.91 Å². The molecule has 31 heavy (non-hydrogen) atoms. The van der Waals surface area contributed by atoms with Gasteiger partial charge in [-0.15, -0.1) is 0 Å². The molecule has 2 aromatic carbocycles. The van der Waals surface area contributed by atoms with Crippen molar-refractivity contribution in [2.45, 2.75) is 6.42 Å². The Kier molecular flexibility index (Phi) is 5.83. The fourth-order valence-electron chi connectivity index (χ4n) is 3.10. The summed E-state index contributed by atoms with van der Waals surface area (Å²) in [5.74, 6) is 5.93. The molecule has 0 bridgehead atoms. The average molecular weight is 429 g/mol. The van der Waals surface area contributed by atoms with Crippen LogP contribution in [0.4, 0.5) is 5.69 Å². The van der Waals surface area contributed by atoms with Gasteiger partial charge in [-0.2, -0.15) is 0 Å². The van der Waals surface area contributed by atoms with Crippen LogP contribution in [-0.4, -0.2) is 23.8 Å². The number of anilines is 1. The van der Waals surface area contributed by atoms with Gasteiger partial charge in [-0.05, 0) is 47.5 Å². The maximum absolute atomic E-state index is 13.0. The van der Waals surface area contributed by atoms with Crippen molar-refractivity contribution in [3.63, 3.8) is 0 Å². The maximum atomic E-state index is 13.0. The second-order valence-electron chi connectivity index (χ2n) is 6.84. The number of halogens is 1. The van der Waals surface area contributed by atoms with Crippen molar-refractivity contribution in [2.24, 2.45) is 0 Å². The number of ether oxygens (including phenoxy) is 1. The molecule has 0 unspecified atom stereocenters. The number of methoxy groups -OCH3 is 1. The minimum atomic E-state index is -0.432. The van der Waals surface area contributed by atoms with E-state index in [-0.39, 0.29) is 11.4 Å². The Hall–Kier alpha value is -3.88. The molecule has 0 saturated carbocycles. The summed E-state index contributed by atoms with van der Waals surface area (Å²) in [7, 11) is 1.57. The number of pyridine rings is 1. The van der Waals surface area contributed by atoms with E-state index < -0.39 is 5.91 Å². The summed E-state index contributed by atoms with van der Waals surface area (Å²) in [6.07, 6.45) is 3.79. The number of benzene rings is 2. The van der Waals surface area contributed by atoms with Gasteiger partial charge in [0.1, 0.15) is 0 Å². The normalized spacial score (nSPS) is 13.8. The minimum absolute atomic E-state index is 0.0734.